The zero-order valence-electron chi connectivity index (χ0n) is 15.8. The van der Waals surface area contributed by atoms with Crippen LogP contribution in [-0.4, -0.2) is 52.4 Å². The van der Waals surface area contributed by atoms with Gasteiger partial charge in [0.05, 0.1) is 16.3 Å². The highest BCUT2D eigenvalue weighted by molar-refractivity contribution is 7.92. The summed E-state index contributed by atoms with van der Waals surface area (Å²) >= 11 is 0. The van der Waals surface area contributed by atoms with Crippen molar-refractivity contribution in [1.82, 2.24) is 4.90 Å². The van der Waals surface area contributed by atoms with Crippen molar-refractivity contribution >= 4 is 21.4 Å². The number of hydrogen-bond donors (Lipinski definition) is 1. The Labute approximate surface area is 167 Å². The van der Waals surface area contributed by atoms with E-state index >= 15 is 0 Å². The van der Waals surface area contributed by atoms with Gasteiger partial charge in [0.2, 0.25) is 0 Å². The molecule has 0 saturated carbocycles. The smallest absolute Gasteiger partial charge is 0.406 e. The van der Waals surface area contributed by atoms with Gasteiger partial charge >= 0.3 is 6.36 Å². The van der Waals surface area contributed by atoms with E-state index in [1.165, 1.54) is 0 Å². The lowest BCUT2D eigenvalue weighted by atomic mass is 10.2. The van der Waals surface area contributed by atoms with Gasteiger partial charge in [0.15, 0.2) is 0 Å². The molecular weight excluding hydrogens is 407 g/mol. The van der Waals surface area contributed by atoms with Crippen molar-refractivity contribution in [2.24, 2.45) is 0 Å². The molecule has 1 N–H and O–H groups in total. The molecule has 2 aromatic rings. The van der Waals surface area contributed by atoms with Crippen LogP contribution in [0.5, 0.6) is 5.75 Å². The summed E-state index contributed by atoms with van der Waals surface area (Å²) in [5.74, 6) is -0.481. The minimum Gasteiger partial charge on any atom is -0.406 e. The average Bonchev–Trinajstić information content (AvgIpc) is 2.67. The summed E-state index contributed by atoms with van der Waals surface area (Å²) < 4.78 is 68.6. The summed E-state index contributed by atoms with van der Waals surface area (Å²) in [4.78, 5) is 4.27. The fourth-order valence-corrected chi connectivity index (χ4v) is 4.24. The van der Waals surface area contributed by atoms with E-state index in [0.29, 0.717) is 5.69 Å². The molecular formula is C19H22F3N3O3S. The number of rotatable bonds is 6. The Morgan fingerprint density at radius 3 is 2.21 bits per heavy atom. The molecule has 0 atom stereocenters. The predicted molar refractivity (Wildman–Crippen MR) is 105 cm³/mol. The summed E-state index contributed by atoms with van der Waals surface area (Å²) in [6.45, 7) is 6.39. The van der Waals surface area contributed by atoms with Crippen molar-refractivity contribution in [1.29, 1.82) is 0 Å². The lowest BCUT2D eigenvalue weighted by Crippen LogP contribution is -2.46. The largest absolute Gasteiger partial charge is 0.573 e. The van der Waals surface area contributed by atoms with Crippen LogP contribution in [0.4, 0.5) is 24.5 Å². The van der Waals surface area contributed by atoms with Crippen LogP contribution in [0.1, 0.15) is 6.92 Å². The quantitative estimate of drug-likeness (QED) is 0.761. The maximum absolute atomic E-state index is 12.7. The third-order valence-corrected chi connectivity index (χ3v) is 6.06. The molecule has 0 spiro atoms. The molecule has 6 nitrogen and oxygen atoms in total. The third-order valence-electron chi connectivity index (χ3n) is 4.68. The minimum absolute atomic E-state index is 0.155. The van der Waals surface area contributed by atoms with Crippen LogP contribution >= 0.6 is 0 Å². The molecule has 158 valence electrons. The second kappa shape index (κ2) is 8.50. The van der Waals surface area contributed by atoms with Gasteiger partial charge in [-0.15, -0.1) is 13.2 Å². The molecule has 0 unspecified atom stereocenters. The van der Waals surface area contributed by atoms with Gasteiger partial charge in [-0.2, -0.15) is 0 Å². The van der Waals surface area contributed by atoms with E-state index in [9.17, 15) is 21.6 Å². The zero-order valence-corrected chi connectivity index (χ0v) is 16.6. The minimum atomic E-state index is -4.83. The lowest BCUT2D eigenvalue weighted by molar-refractivity contribution is -0.274. The van der Waals surface area contributed by atoms with Gasteiger partial charge in [0, 0.05) is 26.2 Å². The highest BCUT2D eigenvalue weighted by atomic mass is 32.2. The monoisotopic (exact) mass is 429 g/mol. The van der Waals surface area contributed by atoms with Crippen LogP contribution < -0.4 is 14.4 Å². The van der Waals surface area contributed by atoms with E-state index < -0.39 is 22.1 Å². The highest BCUT2D eigenvalue weighted by Crippen LogP contribution is 2.30. The van der Waals surface area contributed by atoms with E-state index in [4.69, 9.17) is 0 Å². The van der Waals surface area contributed by atoms with E-state index in [0.717, 1.165) is 62.7 Å². The van der Waals surface area contributed by atoms with Crippen LogP contribution in [0, 0.1) is 0 Å². The molecule has 0 radical (unpaired) electrons. The van der Waals surface area contributed by atoms with Gasteiger partial charge in [0.25, 0.3) is 10.0 Å². The molecule has 29 heavy (non-hydrogen) atoms. The van der Waals surface area contributed by atoms with Gasteiger partial charge in [-0.25, -0.2) is 8.42 Å². The molecule has 2 aromatic carbocycles. The van der Waals surface area contributed by atoms with Gasteiger partial charge in [-0.1, -0.05) is 19.1 Å². The third kappa shape index (κ3) is 5.54. The molecule has 1 saturated heterocycles. The lowest BCUT2D eigenvalue weighted by Gasteiger charge is -2.36. The molecule has 1 fully saturated rings. The summed E-state index contributed by atoms with van der Waals surface area (Å²) in [6.07, 6.45) is -4.83. The van der Waals surface area contributed by atoms with Crippen molar-refractivity contribution in [3.63, 3.8) is 0 Å². The van der Waals surface area contributed by atoms with E-state index in [-0.39, 0.29) is 4.90 Å². The Morgan fingerprint density at radius 2 is 1.62 bits per heavy atom. The Morgan fingerprint density at radius 1 is 1.00 bits per heavy atom. The highest BCUT2D eigenvalue weighted by Gasteiger charge is 2.31. The fraction of sp³-hybridized carbons (Fsp3) is 0.368. The number of nitrogens with one attached hydrogen (secondary N) is 1. The van der Waals surface area contributed by atoms with Gasteiger partial charge in [-0.05, 0) is 42.9 Å². The van der Waals surface area contributed by atoms with Crippen molar-refractivity contribution < 1.29 is 26.3 Å². The number of para-hydroxylation sites is 2. The summed E-state index contributed by atoms with van der Waals surface area (Å²) in [6, 6.07) is 11.2. The first kappa shape index (κ1) is 21.3. The van der Waals surface area contributed by atoms with Gasteiger partial charge in [-0.3, -0.25) is 4.72 Å². The number of sulfonamides is 1. The Hall–Kier alpha value is -2.46. The SMILES string of the molecule is CCN1CCN(c2ccccc2NS(=O)(=O)c2ccc(OC(F)(F)F)cc2)CC1. The van der Waals surface area contributed by atoms with Crippen molar-refractivity contribution in [2.45, 2.75) is 18.2 Å². The second-order valence-electron chi connectivity index (χ2n) is 6.56. The van der Waals surface area contributed by atoms with Crippen LogP contribution in [0.2, 0.25) is 0 Å². The normalized spacial score (nSPS) is 15.9. The number of hydrogen-bond acceptors (Lipinski definition) is 5. The number of likely N-dealkylation sites (N-methyl/N-ethyl adjacent to an activating group) is 1. The van der Waals surface area contributed by atoms with Crippen LogP contribution in [-0.2, 0) is 10.0 Å². The van der Waals surface area contributed by atoms with Crippen LogP contribution in [0.15, 0.2) is 53.4 Å². The van der Waals surface area contributed by atoms with E-state index in [2.05, 4.69) is 26.2 Å². The number of ether oxygens (including phenoxy) is 1. The maximum atomic E-state index is 12.7. The Kier molecular flexibility index (Phi) is 6.23. The topological polar surface area (TPSA) is 61.9 Å². The molecule has 0 aliphatic carbocycles. The van der Waals surface area contributed by atoms with Gasteiger partial charge in [0.1, 0.15) is 5.75 Å². The number of benzene rings is 2. The molecule has 0 bridgehead atoms. The first-order chi connectivity index (χ1) is 13.7. The number of nitrogens with zero attached hydrogens (tertiary/aromatic N) is 2. The van der Waals surface area contributed by atoms with Crippen molar-refractivity contribution in [3.8, 4) is 5.75 Å². The average molecular weight is 429 g/mol. The number of alkyl halides is 3. The van der Waals surface area contributed by atoms with Crippen molar-refractivity contribution in [2.75, 3.05) is 42.3 Å². The van der Waals surface area contributed by atoms with E-state index in [1.54, 1.807) is 12.1 Å². The number of halogens is 3. The molecule has 10 heteroatoms. The molecule has 1 aliphatic heterocycles. The molecule has 0 amide bonds. The summed E-state index contributed by atoms with van der Waals surface area (Å²) in [5.41, 5.74) is 1.19. The zero-order chi connectivity index (χ0) is 21.1. The Bertz CT molecular complexity index is 926. The first-order valence-electron chi connectivity index (χ1n) is 9.13. The molecule has 0 aromatic heterocycles. The van der Waals surface area contributed by atoms with Crippen molar-refractivity contribution in [3.05, 3.63) is 48.5 Å². The van der Waals surface area contributed by atoms with Crippen LogP contribution in [0.25, 0.3) is 0 Å². The van der Waals surface area contributed by atoms with E-state index in [1.807, 2.05) is 12.1 Å². The van der Waals surface area contributed by atoms with Crippen LogP contribution in [0.3, 0.4) is 0 Å². The second-order valence-corrected chi connectivity index (χ2v) is 8.25. The fourth-order valence-electron chi connectivity index (χ4n) is 3.16. The predicted octanol–water partition coefficient (Wildman–Crippen LogP) is 3.53. The number of anilines is 2. The maximum Gasteiger partial charge on any atom is 0.573 e. The molecule has 1 heterocycles. The molecule has 1 aliphatic rings. The summed E-state index contributed by atoms with van der Waals surface area (Å²) in [7, 11) is -3.97. The summed E-state index contributed by atoms with van der Waals surface area (Å²) in [5, 5.41) is 0. The standard InChI is InChI=1S/C19H22F3N3O3S/c1-2-24-11-13-25(14-12-24)18-6-4-3-5-17(18)23-29(26,27)16-9-7-15(8-10-16)28-19(20,21)22/h3-10,23H,2,11-14H2,1H3. The Balaban J connectivity index is 1.77. The first-order valence-corrected chi connectivity index (χ1v) is 10.6. The van der Waals surface area contributed by atoms with Gasteiger partial charge < -0.3 is 14.5 Å². The molecule has 3 rings (SSSR count). The number of piperazine rings is 1.